The summed E-state index contributed by atoms with van der Waals surface area (Å²) in [6, 6.07) is 10.5. The molecule has 3 rings (SSSR count). The van der Waals surface area contributed by atoms with Gasteiger partial charge in [0.25, 0.3) is 0 Å². The van der Waals surface area contributed by atoms with Gasteiger partial charge in [0.1, 0.15) is 0 Å². The number of carbonyl (C=O) groups excluding carboxylic acids is 1. The third-order valence-electron chi connectivity index (χ3n) is 4.84. The summed E-state index contributed by atoms with van der Waals surface area (Å²) in [5.41, 5.74) is 1.27. The molecule has 0 saturated carbocycles. The lowest BCUT2D eigenvalue weighted by Crippen LogP contribution is -2.45. The number of carbonyl (C=O) groups is 1. The van der Waals surface area contributed by atoms with Crippen molar-refractivity contribution in [3.63, 3.8) is 0 Å². The van der Waals surface area contributed by atoms with E-state index in [4.69, 9.17) is 0 Å². The number of likely N-dealkylation sites (tertiary alicyclic amines) is 1. The first-order chi connectivity index (χ1) is 11.2. The first kappa shape index (κ1) is 16.3. The van der Waals surface area contributed by atoms with Crippen molar-refractivity contribution in [3.05, 3.63) is 30.3 Å². The van der Waals surface area contributed by atoms with E-state index in [1.807, 2.05) is 6.07 Å². The molecule has 0 spiro atoms. The number of nitrogens with zero attached hydrogens (tertiary/aromatic N) is 2. The van der Waals surface area contributed by atoms with Crippen LogP contribution in [0.1, 0.15) is 19.3 Å². The second-order valence-corrected chi connectivity index (χ2v) is 6.77. The minimum atomic E-state index is -0.272. The molecule has 2 N–H and O–H groups in total. The summed E-state index contributed by atoms with van der Waals surface area (Å²) in [6.45, 7) is 4.76. The normalized spacial score (nSPS) is 25.5. The van der Waals surface area contributed by atoms with Crippen molar-refractivity contribution in [2.45, 2.75) is 25.4 Å². The summed E-state index contributed by atoms with van der Waals surface area (Å²) in [5, 5.41) is 12.7. The van der Waals surface area contributed by atoms with Gasteiger partial charge in [0, 0.05) is 31.9 Å². The van der Waals surface area contributed by atoms with Gasteiger partial charge in [-0.15, -0.1) is 0 Å². The fourth-order valence-electron chi connectivity index (χ4n) is 3.56. The van der Waals surface area contributed by atoms with E-state index in [0.717, 1.165) is 45.4 Å². The zero-order valence-electron chi connectivity index (χ0n) is 13.7. The molecule has 2 aliphatic heterocycles. The monoisotopic (exact) mass is 317 g/mol. The number of β-amino-alcohol motifs (C(OH)–C–C–N with tert-alkyl or cyclic N) is 1. The van der Waals surface area contributed by atoms with Gasteiger partial charge in [-0.25, -0.2) is 0 Å². The first-order valence-corrected chi connectivity index (χ1v) is 8.68. The molecule has 0 radical (unpaired) electrons. The first-order valence-electron chi connectivity index (χ1n) is 8.68. The Balaban J connectivity index is 1.38. The molecule has 1 amide bonds. The smallest absolute Gasteiger partial charge is 0.234 e. The van der Waals surface area contributed by atoms with Crippen LogP contribution in [-0.2, 0) is 4.79 Å². The van der Waals surface area contributed by atoms with Gasteiger partial charge in [0.05, 0.1) is 12.6 Å². The molecule has 2 saturated heterocycles. The van der Waals surface area contributed by atoms with Crippen molar-refractivity contribution in [1.29, 1.82) is 0 Å². The average Bonchev–Trinajstić information content (AvgIpc) is 3.03. The summed E-state index contributed by atoms with van der Waals surface area (Å²) in [6.07, 6.45) is 2.68. The number of hydrogen-bond acceptors (Lipinski definition) is 4. The van der Waals surface area contributed by atoms with Crippen molar-refractivity contribution in [1.82, 2.24) is 10.2 Å². The second kappa shape index (κ2) is 7.79. The van der Waals surface area contributed by atoms with Gasteiger partial charge >= 0.3 is 0 Å². The maximum absolute atomic E-state index is 12.1. The number of benzene rings is 1. The van der Waals surface area contributed by atoms with E-state index in [9.17, 15) is 9.90 Å². The van der Waals surface area contributed by atoms with E-state index in [-0.39, 0.29) is 12.0 Å². The predicted molar refractivity (Wildman–Crippen MR) is 91.5 cm³/mol. The number of piperidine rings is 1. The van der Waals surface area contributed by atoms with Crippen LogP contribution in [0.25, 0.3) is 0 Å². The molecular formula is C18H27N3O2. The number of amides is 1. The van der Waals surface area contributed by atoms with Crippen LogP contribution in [0.3, 0.4) is 0 Å². The van der Waals surface area contributed by atoms with Crippen LogP contribution in [-0.4, -0.2) is 61.3 Å². The van der Waals surface area contributed by atoms with Crippen LogP contribution in [0.15, 0.2) is 30.3 Å². The van der Waals surface area contributed by atoms with E-state index >= 15 is 0 Å². The zero-order valence-corrected chi connectivity index (χ0v) is 13.7. The maximum atomic E-state index is 12.1. The molecule has 2 heterocycles. The highest BCUT2D eigenvalue weighted by molar-refractivity contribution is 5.78. The van der Waals surface area contributed by atoms with E-state index < -0.39 is 0 Å². The lowest BCUT2D eigenvalue weighted by Gasteiger charge is -2.29. The topological polar surface area (TPSA) is 55.8 Å². The zero-order chi connectivity index (χ0) is 16.1. The SMILES string of the molecule is O=C(CN1CCCC(O)C1)NCC1CCN(c2ccccc2)C1. The van der Waals surface area contributed by atoms with E-state index in [2.05, 4.69) is 39.4 Å². The summed E-state index contributed by atoms with van der Waals surface area (Å²) >= 11 is 0. The van der Waals surface area contributed by atoms with Crippen LogP contribution in [0.4, 0.5) is 5.69 Å². The van der Waals surface area contributed by atoms with E-state index in [1.165, 1.54) is 5.69 Å². The molecule has 126 valence electrons. The summed E-state index contributed by atoms with van der Waals surface area (Å²) < 4.78 is 0. The molecule has 2 fully saturated rings. The minimum Gasteiger partial charge on any atom is -0.392 e. The van der Waals surface area contributed by atoms with Crippen LogP contribution in [0.2, 0.25) is 0 Å². The Kier molecular flexibility index (Phi) is 5.51. The van der Waals surface area contributed by atoms with Crippen molar-refractivity contribution in [2.75, 3.05) is 44.2 Å². The third kappa shape index (κ3) is 4.69. The molecule has 2 aliphatic rings. The van der Waals surface area contributed by atoms with Crippen LogP contribution < -0.4 is 10.2 Å². The highest BCUT2D eigenvalue weighted by Gasteiger charge is 2.24. The Morgan fingerprint density at radius 1 is 1.17 bits per heavy atom. The number of hydrogen-bond donors (Lipinski definition) is 2. The van der Waals surface area contributed by atoms with Gasteiger partial charge in [-0.2, -0.15) is 0 Å². The Hall–Kier alpha value is -1.59. The second-order valence-electron chi connectivity index (χ2n) is 6.77. The summed E-state index contributed by atoms with van der Waals surface area (Å²) in [5.74, 6) is 0.600. The van der Waals surface area contributed by atoms with E-state index in [0.29, 0.717) is 19.0 Å². The molecule has 0 bridgehead atoms. The lowest BCUT2D eigenvalue weighted by atomic mass is 10.1. The number of para-hydroxylation sites is 1. The third-order valence-corrected chi connectivity index (χ3v) is 4.84. The van der Waals surface area contributed by atoms with Gasteiger partial charge in [-0.05, 0) is 43.9 Å². The highest BCUT2D eigenvalue weighted by Crippen LogP contribution is 2.22. The average molecular weight is 317 g/mol. The largest absolute Gasteiger partial charge is 0.392 e. The fourth-order valence-corrected chi connectivity index (χ4v) is 3.56. The number of rotatable bonds is 5. The van der Waals surface area contributed by atoms with E-state index in [1.54, 1.807) is 0 Å². The van der Waals surface area contributed by atoms with Crippen LogP contribution >= 0.6 is 0 Å². The maximum Gasteiger partial charge on any atom is 0.234 e. The minimum absolute atomic E-state index is 0.0808. The van der Waals surface area contributed by atoms with Crippen LogP contribution in [0.5, 0.6) is 0 Å². The van der Waals surface area contributed by atoms with Gasteiger partial charge in [0.2, 0.25) is 5.91 Å². The molecule has 2 atom stereocenters. The predicted octanol–water partition coefficient (Wildman–Crippen LogP) is 1.09. The van der Waals surface area contributed by atoms with Gasteiger partial charge in [-0.1, -0.05) is 18.2 Å². The van der Waals surface area contributed by atoms with Crippen molar-refractivity contribution in [3.8, 4) is 0 Å². The fraction of sp³-hybridized carbons (Fsp3) is 0.611. The molecule has 2 unspecified atom stereocenters. The number of anilines is 1. The van der Waals surface area contributed by atoms with Gasteiger partial charge < -0.3 is 15.3 Å². The van der Waals surface area contributed by atoms with Crippen LogP contribution in [0, 0.1) is 5.92 Å². The van der Waals surface area contributed by atoms with Gasteiger partial charge in [0.15, 0.2) is 0 Å². The molecule has 0 aromatic heterocycles. The summed E-state index contributed by atoms with van der Waals surface area (Å²) in [7, 11) is 0. The molecule has 1 aromatic carbocycles. The van der Waals surface area contributed by atoms with Crippen molar-refractivity contribution in [2.24, 2.45) is 5.92 Å². The molecular weight excluding hydrogens is 290 g/mol. The molecule has 0 aliphatic carbocycles. The number of nitrogens with one attached hydrogen (secondary N) is 1. The standard InChI is InChI=1S/C18H27N3O2/c22-17-7-4-9-20(13-17)14-18(23)19-11-15-8-10-21(12-15)16-5-2-1-3-6-16/h1-3,5-6,15,17,22H,4,7-14H2,(H,19,23). The molecule has 5 nitrogen and oxygen atoms in total. The highest BCUT2D eigenvalue weighted by atomic mass is 16.3. The Labute approximate surface area is 138 Å². The molecule has 1 aromatic rings. The quantitative estimate of drug-likeness (QED) is 0.853. The van der Waals surface area contributed by atoms with Gasteiger partial charge in [-0.3, -0.25) is 9.69 Å². The lowest BCUT2D eigenvalue weighted by molar-refractivity contribution is -0.123. The number of aliphatic hydroxyl groups is 1. The van der Waals surface area contributed by atoms with Crippen molar-refractivity contribution < 1.29 is 9.90 Å². The Morgan fingerprint density at radius 2 is 2.00 bits per heavy atom. The molecule has 5 heteroatoms. The summed E-state index contributed by atoms with van der Waals surface area (Å²) in [4.78, 5) is 16.5. The Bertz CT molecular complexity index is 508. The Morgan fingerprint density at radius 3 is 2.78 bits per heavy atom. The number of aliphatic hydroxyl groups excluding tert-OH is 1. The van der Waals surface area contributed by atoms with Crippen molar-refractivity contribution >= 4 is 11.6 Å². The molecule has 23 heavy (non-hydrogen) atoms.